The van der Waals surface area contributed by atoms with Crippen LogP contribution in [-0.2, 0) is 11.3 Å². The summed E-state index contributed by atoms with van der Waals surface area (Å²) in [6.45, 7) is 0.586. The number of pyridine rings is 1. The smallest absolute Gasteiger partial charge is 0.217 e. The van der Waals surface area contributed by atoms with E-state index in [0.29, 0.717) is 19.4 Å². The molecular formula is C18H17FN4O. The van der Waals surface area contributed by atoms with Gasteiger partial charge in [0.2, 0.25) is 5.91 Å². The first-order valence-corrected chi connectivity index (χ1v) is 7.65. The predicted molar refractivity (Wildman–Crippen MR) is 89.3 cm³/mol. The first kappa shape index (κ1) is 15.9. The monoisotopic (exact) mass is 324 g/mol. The summed E-state index contributed by atoms with van der Waals surface area (Å²) >= 11 is 0. The molecule has 0 bridgehead atoms. The molecule has 0 saturated carbocycles. The molecule has 6 heteroatoms. The van der Waals surface area contributed by atoms with Crippen molar-refractivity contribution in [3.05, 3.63) is 60.8 Å². The Bertz CT molecular complexity index is 828. The second-order valence-corrected chi connectivity index (χ2v) is 5.47. The number of carbonyl (C=O) groups excluding carboxylic acids is 1. The van der Waals surface area contributed by atoms with Crippen LogP contribution in [0, 0.1) is 5.82 Å². The first-order valence-electron chi connectivity index (χ1n) is 7.65. The molecule has 0 radical (unpaired) electrons. The molecule has 3 rings (SSSR count). The Hall–Kier alpha value is -3.02. The van der Waals surface area contributed by atoms with Gasteiger partial charge in [-0.15, -0.1) is 0 Å². The molecule has 3 aromatic rings. The van der Waals surface area contributed by atoms with E-state index in [1.807, 2.05) is 18.3 Å². The van der Waals surface area contributed by atoms with E-state index in [1.165, 1.54) is 12.1 Å². The fourth-order valence-corrected chi connectivity index (χ4v) is 2.51. The molecule has 0 atom stereocenters. The minimum atomic E-state index is -0.324. The fraction of sp³-hybridized carbons (Fsp3) is 0.167. The molecule has 1 aromatic carbocycles. The number of amides is 1. The maximum Gasteiger partial charge on any atom is 0.217 e. The van der Waals surface area contributed by atoms with Crippen molar-refractivity contribution in [1.82, 2.24) is 14.8 Å². The van der Waals surface area contributed by atoms with Crippen molar-refractivity contribution >= 4 is 5.91 Å². The highest BCUT2D eigenvalue weighted by atomic mass is 19.1. The van der Waals surface area contributed by atoms with Crippen LogP contribution in [0.3, 0.4) is 0 Å². The molecule has 24 heavy (non-hydrogen) atoms. The van der Waals surface area contributed by atoms with Gasteiger partial charge in [0.15, 0.2) is 0 Å². The largest absolute Gasteiger partial charge is 0.370 e. The topological polar surface area (TPSA) is 73.8 Å². The number of carbonyl (C=O) groups is 1. The Balaban J connectivity index is 1.97. The van der Waals surface area contributed by atoms with E-state index in [9.17, 15) is 9.18 Å². The van der Waals surface area contributed by atoms with Gasteiger partial charge in [0.05, 0.1) is 0 Å². The van der Waals surface area contributed by atoms with Crippen LogP contribution >= 0.6 is 0 Å². The lowest BCUT2D eigenvalue weighted by atomic mass is 10.0. The van der Waals surface area contributed by atoms with Crippen molar-refractivity contribution in [2.24, 2.45) is 5.73 Å². The summed E-state index contributed by atoms with van der Waals surface area (Å²) in [6, 6.07) is 10.0. The third-order valence-electron chi connectivity index (χ3n) is 3.68. The van der Waals surface area contributed by atoms with Crippen molar-refractivity contribution < 1.29 is 9.18 Å². The number of benzene rings is 1. The number of rotatable bonds is 6. The standard InChI is InChI=1S/C18H17FN4O/c19-15-5-3-14(4-6-15)18-16(13-7-9-21-10-8-13)12-23(22-18)11-1-2-17(20)24/h3-10,12H,1-2,11H2,(H2,20,24). The summed E-state index contributed by atoms with van der Waals surface area (Å²) < 4.78 is 15.0. The van der Waals surface area contributed by atoms with E-state index in [2.05, 4.69) is 10.1 Å². The second-order valence-electron chi connectivity index (χ2n) is 5.47. The van der Waals surface area contributed by atoms with Gasteiger partial charge in [0.25, 0.3) is 0 Å². The van der Waals surface area contributed by atoms with Gasteiger partial charge in [-0.25, -0.2) is 4.39 Å². The molecule has 2 heterocycles. The molecule has 0 spiro atoms. The first-order chi connectivity index (χ1) is 11.6. The van der Waals surface area contributed by atoms with E-state index < -0.39 is 0 Å². The number of aromatic nitrogens is 3. The Kier molecular flexibility index (Phi) is 4.65. The van der Waals surface area contributed by atoms with E-state index in [0.717, 1.165) is 22.4 Å². The van der Waals surface area contributed by atoms with Crippen molar-refractivity contribution in [3.8, 4) is 22.4 Å². The maximum absolute atomic E-state index is 13.2. The van der Waals surface area contributed by atoms with Gasteiger partial charge in [-0.1, -0.05) is 0 Å². The van der Waals surface area contributed by atoms with Crippen molar-refractivity contribution in [3.63, 3.8) is 0 Å². The van der Waals surface area contributed by atoms with E-state index in [4.69, 9.17) is 5.73 Å². The molecular weight excluding hydrogens is 307 g/mol. The summed E-state index contributed by atoms with van der Waals surface area (Å²) in [7, 11) is 0. The number of aryl methyl sites for hydroxylation is 1. The van der Waals surface area contributed by atoms with Crippen molar-refractivity contribution in [1.29, 1.82) is 0 Å². The minimum absolute atomic E-state index is 0.287. The summed E-state index contributed by atoms with van der Waals surface area (Å²) in [4.78, 5) is 14.9. The molecule has 2 N–H and O–H groups in total. The highest BCUT2D eigenvalue weighted by Crippen LogP contribution is 2.30. The molecule has 0 unspecified atom stereocenters. The SMILES string of the molecule is NC(=O)CCCn1cc(-c2ccncc2)c(-c2ccc(F)cc2)n1. The predicted octanol–water partition coefficient (Wildman–Crippen LogP) is 3.02. The van der Waals surface area contributed by atoms with Gasteiger partial charge in [-0.3, -0.25) is 14.5 Å². The zero-order valence-electron chi connectivity index (χ0n) is 13.0. The van der Waals surface area contributed by atoms with Gasteiger partial charge < -0.3 is 5.73 Å². The van der Waals surface area contributed by atoms with Crippen LogP contribution in [0.4, 0.5) is 4.39 Å². The lowest BCUT2D eigenvalue weighted by molar-refractivity contribution is -0.118. The zero-order chi connectivity index (χ0) is 16.9. The maximum atomic E-state index is 13.2. The minimum Gasteiger partial charge on any atom is -0.370 e. The van der Waals surface area contributed by atoms with Crippen molar-refractivity contribution in [2.75, 3.05) is 0 Å². The highest BCUT2D eigenvalue weighted by Gasteiger charge is 2.13. The summed E-state index contributed by atoms with van der Waals surface area (Å²) in [5.74, 6) is -0.611. The molecule has 0 aliphatic rings. The molecule has 0 aliphatic heterocycles. The molecule has 1 amide bonds. The molecule has 122 valence electrons. The number of hydrogen-bond donors (Lipinski definition) is 1. The van der Waals surface area contributed by atoms with Gasteiger partial charge in [0.1, 0.15) is 11.5 Å². The summed E-state index contributed by atoms with van der Waals surface area (Å²) in [5, 5.41) is 4.61. The number of hydrogen-bond acceptors (Lipinski definition) is 3. The number of halogens is 1. The molecule has 0 saturated heterocycles. The third-order valence-corrected chi connectivity index (χ3v) is 3.68. The molecule has 0 fully saturated rings. The summed E-state index contributed by atoms with van der Waals surface area (Å²) in [6.07, 6.45) is 6.30. The van der Waals surface area contributed by atoms with Gasteiger partial charge >= 0.3 is 0 Å². The molecule has 2 aromatic heterocycles. The lowest BCUT2D eigenvalue weighted by Gasteiger charge is -2.02. The third kappa shape index (κ3) is 3.65. The van der Waals surface area contributed by atoms with Gasteiger partial charge in [-0.2, -0.15) is 5.10 Å². The average molecular weight is 324 g/mol. The van der Waals surface area contributed by atoms with E-state index >= 15 is 0 Å². The quantitative estimate of drug-likeness (QED) is 0.757. The van der Waals surface area contributed by atoms with Crippen LogP contribution in [0.1, 0.15) is 12.8 Å². The lowest BCUT2D eigenvalue weighted by Crippen LogP contribution is -2.11. The normalized spacial score (nSPS) is 10.7. The Labute approximate surface area is 138 Å². The Morgan fingerprint density at radius 3 is 2.46 bits per heavy atom. The van der Waals surface area contributed by atoms with Crippen molar-refractivity contribution in [2.45, 2.75) is 19.4 Å². The second kappa shape index (κ2) is 7.04. The van der Waals surface area contributed by atoms with Crippen LogP contribution in [0.5, 0.6) is 0 Å². The Morgan fingerprint density at radius 1 is 1.08 bits per heavy atom. The highest BCUT2D eigenvalue weighted by molar-refractivity contribution is 5.80. The molecule has 5 nitrogen and oxygen atoms in total. The number of primary amides is 1. The Morgan fingerprint density at radius 2 is 1.79 bits per heavy atom. The average Bonchev–Trinajstić information content (AvgIpc) is 3.00. The number of nitrogens with zero attached hydrogens (tertiary/aromatic N) is 3. The van der Waals surface area contributed by atoms with E-state index in [1.54, 1.807) is 29.2 Å². The van der Waals surface area contributed by atoms with Crippen LogP contribution in [0.25, 0.3) is 22.4 Å². The van der Waals surface area contributed by atoms with Crippen LogP contribution in [0.15, 0.2) is 55.0 Å². The van der Waals surface area contributed by atoms with E-state index in [-0.39, 0.29) is 11.7 Å². The van der Waals surface area contributed by atoms with Crippen LogP contribution in [-0.4, -0.2) is 20.7 Å². The zero-order valence-corrected chi connectivity index (χ0v) is 13.0. The van der Waals surface area contributed by atoms with Crippen LogP contribution in [0.2, 0.25) is 0 Å². The van der Waals surface area contributed by atoms with Gasteiger partial charge in [-0.05, 0) is 48.4 Å². The fourth-order valence-electron chi connectivity index (χ4n) is 2.51. The van der Waals surface area contributed by atoms with Gasteiger partial charge in [0, 0.05) is 42.7 Å². The van der Waals surface area contributed by atoms with Crippen LogP contribution < -0.4 is 5.73 Å². The molecule has 0 aliphatic carbocycles. The summed E-state index contributed by atoms with van der Waals surface area (Å²) in [5.41, 5.74) is 8.68. The number of nitrogens with two attached hydrogens (primary N) is 1.